The number of piperazine rings is 1. The molecule has 0 bridgehead atoms. The van der Waals surface area contributed by atoms with E-state index in [1.165, 1.54) is 0 Å². The minimum atomic E-state index is -0.167. The van der Waals surface area contributed by atoms with Crippen molar-refractivity contribution in [3.8, 4) is 5.75 Å². The van der Waals surface area contributed by atoms with Gasteiger partial charge in [-0.1, -0.05) is 0 Å². The van der Waals surface area contributed by atoms with E-state index < -0.39 is 0 Å². The fourth-order valence-electron chi connectivity index (χ4n) is 2.05. The largest absolute Gasteiger partial charge is 0.496 e. The van der Waals surface area contributed by atoms with E-state index in [2.05, 4.69) is 31.5 Å². The molecule has 1 fully saturated rings. The summed E-state index contributed by atoms with van der Waals surface area (Å²) < 4.78 is 5.98. The highest BCUT2D eigenvalue weighted by atomic mass is 79.9. The number of rotatable bonds is 3. The molecular formula is C13H18BrN3O2. The molecule has 6 heteroatoms. The summed E-state index contributed by atoms with van der Waals surface area (Å²) in [4.78, 5) is 14.3. The van der Waals surface area contributed by atoms with Gasteiger partial charge in [-0.2, -0.15) is 0 Å². The number of ether oxygens (including phenoxy) is 1. The molecule has 0 aromatic heterocycles. The molecule has 1 aliphatic heterocycles. The van der Waals surface area contributed by atoms with E-state index in [9.17, 15) is 4.79 Å². The number of nitrogens with zero attached hydrogens (tertiary/aromatic N) is 1. The van der Waals surface area contributed by atoms with Crippen LogP contribution in [0.15, 0.2) is 22.7 Å². The summed E-state index contributed by atoms with van der Waals surface area (Å²) in [5.74, 6) is 0.733. The van der Waals surface area contributed by atoms with Crippen molar-refractivity contribution in [1.29, 1.82) is 0 Å². The number of halogens is 1. The number of hydrogen-bond acceptors (Lipinski definition) is 4. The molecule has 0 spiro atoms. The monoisotopic (exact) mass is 327 g/mol. The normalized spacial score (nSPS) is 20.1. The SMILES string of the molecule is COc1ccc(NC(=O)C2CN(C)CCN2)cc1Br. The standard InChI is InChI=1S/C13H18BrN3O2/c1-17-6-5-15-11(8-17)13(18)16-9-3-4-12(19-2)10(14)7-9/h3-4,7,11,15H,5-6,8H2,1-2H3,(H,16,18). The fraction of sp³-hybridized carbons (Fsp3) is 0.462. The van der Waals surface area contributed by atoms with Gasteiger partial charge in [0.05, 0.1) is 17.6 Å². The van der Waals surface area contributed by atoms with Crippen molar-refractivity contribution in [2.75, 3.05) is 39.1 Å². The van der Waals surface area contributed by atoms with Gasteiger partial charge in [-0.3, -0.25) is 4.79 Å². The molecule has 1 amide bonds. The van der Waals surface area contributed by atoms with E-state index >= 15 is 0 Å². The lowest BCUT2D eigenvalue weighted by molar-refractivity contribution is -0.119. The zero-order valence-corrected chi connectivity index (χ0v) is 12.7. The van der Waals surface area contributed by atoms with E-state index in [0.717, 1.165) is 35.5 Å². The Morgan fingerprint density at radius 3 is 3.00 bits per heavy atom. The number of nitrogens with one attached hydrogen (secondary N) is 2. The van der Waals surface area contributed by atoms with Gasteiger partial charge in [-0.25, -0.2) is 0 Å². The van der Waals surface area contributed by atoms with E-state index in [4.69, 9.17) is 4.74 Å². The van der Waals surface area contributed by atoms with E-state index in [-0.39, 0.29) is 11.9 Å². The lowest BCUT2D eigenvalue weighted by Gasteiger charge is -2.29. The molecule has 0 radical (unpaired) electrons. The Kier molecular flexibility index (Phi) is 4.79. The van der Waals surface area contributed by atoms with Gasteiger partial charge < -0.3 is 20.3 Å². The van der Waals surface area contributed by atoms with Gasteiger partial charge >= 0.3 is 0 Å². The first-order valence-electron chi connectivity index (χ1n) is 6.16. The van der Waals surface area contributed by atoms with Crippen molar-refractivity contribution < 1.29 is 9.53 Å². The first-order chi connectivity index (χ1) is 9.10. The Bertz CT molecular complexity index is 467. The van der Waals surface area contributed by atoms with Crippen LogP contribution in [0, 0.1) is 0 Å². The third-order valence-electron chi connectivity index (χ3n) is 3.11. The van der Waals surface area contributed by atoms with E-state index in [1.807, 2.05) is 25.2 Å². The number of carbonyl (C=O) groups excluding carboxylic acids is 1. The average molecular weight is 328 g/mol. The minimum absolute atomic E-state index is 0.0105. The number of benzene rings is 1. The second-order valence-electron chi connectivity index (χ2n) is 4.61. The van der Waals surface area contributed by atoms with Crippen molar-refractivity contribution in [2.45, 2.75) is 6.04 Å². The lowest BCUT2D eigenvalue weighted by Crippen LogP contribution is -2.54. The topological polar surface area (TPSA) is 53.6 Å². The van der Waals surface area contributed by atoms with Crippen molar-refractivity contribution in [1.82, 2.24) is 10.2 Å². The maximum absolute atomic E-state index is 12.1. The number of carbonyl (C=O) groups is 1. The number of anilines is 1. The molecule has 1 atom stereocenters. The van der Waals surface area contributed by atoms with Crippen LogP contribution in [-0.2, 0) is 4.79 Å². The van der Waals surface area contributed by atoms with Gasteiger partial charge in [0.25, 0.3) is 0 Å². The quantitative estimate of drug-likeness (QED) is 0.878. The molecule has 0 aliphatic carbocycles. The zero-order chi connectivity index (χ0) is 13.8. The molecule has 2 N–H and O–H groups in total. The summed E-state index contributed by atoms with van der Waals surface area (Å²) in [7, 11) is 3.63. The summed E-state index contributed by atoms with van der Waals surface area (Å²) in [5, 5.41) is 6.13. The number of hydrogen-bond donors (Lipinski definition) is 2. The highest BCUT2D eigenvalue weighted by Crippen LogP contribution is 2.27. The van der Waals surface area contributed by atoms with Crippen LogP contribution in [0.25, 0.3) is 0 Å². The van der Waals surface area contributed by atoms with Crippen LogP contribution in [0.3, 0.4) is 0 Å². The summed E-state index contributed by atoms with van der Waals surface area (Å²) in [6.45, 7) is 2.53. The van der Waals surface area contributed by atoms with Gasteiger partial charge in [0.2, 0.25) is 5.91 Å². The third kappa shape index (κ3) is 3.68. The second-order valence-corrected chi connectivity index (χ2v) is 5.46. The van der Waals surface area contributed by atoms with Crippen molar-refractivity contribution >= 4 is 27.5 Å². The number of amides is 1. The van der Waals surface area contributed by atoms with Crippen LogP contribution >= 0.6 is 15.9 Å². The fourth-order valence-corrected chi connectivity index (χ4v) is 2.59. The molecule has 19 heavy (non-hydrogen) atoms. The van der Waals surface area contributed by atoms with E-state index in [0.29, 0.717) is 0 Å². The molecule has 5 nitrogen and oxygen atoms in total. The molecule has 1 saturated heterocycles. The van der Waals surface area contributed by atoms with E-state index in [1.54, 1.807) is 7.11 Å². The highest BCUT2D eigenvalue weighted by Gasteiger charge is 2.23. The Labute approximate surface area is 121 Å². The molecule has 1 aliphatic rings. The molecule has 0 saturated carbocycles. The van der Waals surface area contributed by atoms with Crippen LogP contribution in [0.5, 0.6) is 5.75 Å². The summed E-state index contributed by atoms with van der Waals surface area (Å²) in [6.07, 6.45) is 0. The average Bonchev–Trinajstić information content (AvgIpc) is 2.39. The van der Waals surface area contributed by atoms with Gasteiger partial charge in [0, 0.05) is 25.3 Å². The Morgan fingerprint density at radius 2 is 2.37 bits per heavy atom. The third-order valence-corrected chi connectivity index (χ3v) is 3.73. The van der Waals surface area contributed by atoms with Gasteiger partial charge in [-0.15, -0.1) is 0 Å². The summed E-state index contributed by atoms with van der Waals surface area (Å²) in [5.41, 5.74) is 0.757. The molecule has 1 aromatic carbocycles. The first-order valence-corrected chi connectivity index (χ1v) is 6.96. The van der Waals surface area contributed by atoms with Crippen molar-refractivity contribution in [2.24, 2.45) is 0 Å². The molecule has 104 valence electrons. The minimum Gasteiger partial charge on any atom is -0.496 e. The smallest absolute Gasteiger partial charge is 0.242 e. The lowest BCUT2D eigenvalue weighted by atomic mass is 10.2. The van der Waals surface area contributed by atoms with Crippen LogP contribution < -0.4 is 15.4 Å². The van der Waals surface area contributed by atoms with Crippen LogP contribution in [0.4, 0.5) is 5.69 Å². The zero-order valence-electron chi connectivity index (χ0n) is 11.1. The predicted octanol–water partition coefficient (Wildman–Crippen LogP) is 1.30. The van der Waals surface area contributed by atoms with Crippen LogP contribution in [0.1, 0.15) is 0 Å². The Morgan fingerprint density at radius 1 is 1.58 bits per heavy atom. The van der Waals surface area contributed by atoms with Crippen LogP contribution in [-0.4, -0.2) is 50.6 Å². The predicted molar refractivity (Wildman–Crippen MR) is 78.6 cm³/mol. The van der Waals surface area contributed by atoms with Crippen molar-refractivity contribution in [3.63, 3.8) is 0 Å². The van der Waals surface area contributed by atoms with Crippen molar-refractivity contribution in [3.05, 3.63) is 22.7 Å². The number of methoxy groups -OCH3 is 1. The number of likely N-dealkylation sites (N-methyl/N-ethyl adjacent to an activating group) is 1. The molecular weight excluding hydrogens is 310 g/mol. The molecule has 2 rings (SSSR count). The Hall–Kier alpha value is -1.11. The Balaban J connectivity index is 2.00. The maximum Gasteiger partial charge on any atom is 0.242 e. The highest BCUT2D eigenvalue weighted by molar-refractivity contribution is 9.10. The summed E-state index contributed by atoms with van der Waals surface area (Å²) >= 11 is 3.40. The molecule has 1 heterocycles. The van der Waals surface area contributed by atoms with Gasteiger partial charge in [-0.05, 0) is 41.2 Å². The summed E-state index contributed by atoms with van der Waals surface area (Å²) in [6, 6.07) is 5.32. The molecule has 1 aromatic rings. The second kappa shape index (κ2) is 6.36. The molecule has 1 unspecified atom stereocenters. The van der Waals surface area contributed by atoms with Crippen LogP contribution in [0.2, 0.25) is 0 Å². The van der Waals surface area contributed by atoms with Gasteiger partial charge in [0.1, 0.15) is 5.75 Å². The van der Waals surface area contributed by atoms with Gasteiger partial charge in [0.15, 0.2) is 0 Å². The first kappa shape index (κ1) is 14.3. The maximum atomic E-state index is 12.1.